The van der Waals surface area contributed by atoms with Crippen molar-refractivity contribution >= 4 is 28.6 Å². The lowest BCUT2D eigenvalue weighted by atomic mass is 10.2. The number of nitrogens with zero attached hydrogens (tertiary/aromatic N) is 4. The van der Waals surface area contributed by atoms with E-state index < -0.39 is 5.82 Å². The number of hydrogen-bond acceptors (Lipinski definition) is 4. The smallest absolute Gasteiger partial charge is 0.222 e. The van der Waals surface area contributed by atoms with Gasteiger partial charge in [0.05, 0.1) is 17.4 Å². The van der Waals surface area contributed by atoms with E-state index in [-0.39, 0.29) is 5.91 Å². The molecule has 0 saturated heterocycles. The highest BCUT2D eigenvalue weighted by Gasteiger charge is 2.13. The molecule has 22 heavy (non-hydrogen) atoms. The molecule has 0 unspecified atom stereocenters. The minimum absolute atomic E-state index is 0.208. The van der Waals surface area contributed by atoms with E-state index in [0.29, 0.717) is 35.5 Å². The van der Waals surface area contributed by atoms with E-state index in [0.717, 1.165) is 11.9 Å². The first-order chi connectivity index (χ1) is 10.5. The summed E-state index contributed by atoms with van der Waals surface area (Å²) in [7, 11) is 0. The van der Waals surface area contributed by atoms with Crippen molar-refractivity contribution < 1.29 is 9.18 Å². The van der Waals surface area contributed by atoms with Crippen molar-refractivity contribution in [2.75, 3.05) is 0 Å². The molecule has 0 aromatic carbocycles. The number of aromatic nitrogens is 3. The summed E-state index contributed by atoms with van der Waals surface area (Å²) < 4.78 is 14.9. The molecule has 0 fully saturated rings. The maximum atomic E-state index is 13.5. The molecular formula is C15H18FN5O. The van der Waals surface area contributed by atoms with Crippen LogP contribution in [0.2, 0.25) is 0 Å². The van der Waals surface area contributed by atoms with Gasteiger partial charge in [0, 0.05) is 19.4 Å². The van der Waals surface area contributed by atoms with Crippen LogP contribution in [0.4, 0.5) is 4.39 Å². The molecule has 2 aromatic heterocycles. The van der Waals surface area contributed by atoms with Crippen LogP contribution in [0, 0.1) is 5.82 Å². The van der Waals surface area contributed by atoms with Crippen LogP contribution in [0.3, 0.4) is 0 Å². The number of hydrogen-bond donors (Lipinski definition) is 1. The molecule has 2 aromatic rings. The first kappa shape index (κ1) is 15.8. The van der Waals surface area contributed by atoms with E-state index in [1.165, 1.54) is 17.7 Å². The Morgan fingerprint density at radius 3 is 2.82 bits per heavy atom. The molecule has 7 heteroatoms. The molecule has 0 aliphatic carbocycles. The minimum Gasteiger partial charge on any atom is -0.314 e. The van der Waals surface area contributed by atoms with Gasteiger partial charge in [0.25, 0.3) is 0 Å². The Kier molecular flexibility index (Phi) is 4.65. The molecule has 2 heterocycles. The van der Waals surface area contributed by atoms with Gasteiger partial charge in [0.2, 0.25) is 5.91 Å². The Morgan fingerprint density at radius 2 is 2.23 bits per heavy atom. The lowest BCUT2D eigenvalue weighted by molar-refractivity contribution is -0.117. The molecule has 0 aliphatic heterocycles. The van der Waals surface area contributed by atoms with Crippen molar-refractivity contribution in [3.63, 3.8) is 0 Å². The van der Waals surface area contributed by atoms with Crippen molar-refractivity contribution in [2.24, 2.45) is 4.99 Å². The van der Waals surface area contributed by atoms with Gasteiger partial charge in [-0.15, -0.1) is 0 Å². The average Bonchev–Trinajstić information content (AvgIpc) is 2.83. The number of amides is 1. The molecule has 0 bridgehead atoms. The fraction of sp³-hybridized carbons (Fsp3) is 0.333. The number of amidine groups is 1. The van der Waals surface area contributed by atoms with Gasteiger partial charge < -0.3 is 5.32 Å². The van der Waals surface area contributed by atoms with Crippen molar-refractivity contribution in [3.8, 4) is 0 Å². The Bertz CT molecular complexity index is 763. The molecule has 1 N–H and O–H groups in total. The molecule has 0 spiro atoms. The Hall–Kier alpha value is -2.57. The minimum atomic E-state index is -0.453. The summed E-state index contributed by atoms with van der Waals surface area (Å²) in [5.74, 6) is 0.109. The predicted molar refractivity (Wildman–Crippen MR) is 83.7 cm³/mol. The van der Waals surface area contributed by atoms with Crippen LogP contribution in [-0.2, 0) is 11.2 Å². The van der Waals surface area contributed by atoms with E-state index in [1.54, 1.807) is 0 Å². The highest BCUT2D eigenvalue weighted by molar-refractivity contribution is 5.98. The van der Waals surface area contributed by atoms with Crippen LogP contribution in [0.25, 0.3) is 16.9 Å². The second-order valence-corrected chi connectivity index (χ2v) is 4.74. The van der Waals surface area contributed by atoms with Crippen LogP contribution >= 0.6 is 0 Å². The number of pyridine rings is 1. The third-order valence-electron chi connectivity index (χ3n) is 3.06. The van der Waals surface area contributed by atoms with Gasteiger partial charge in [-0.05, 0) is 6.42 Å². The zero-order valence-corrected chi connectivity index (χ0v) is 12.9. The second kappa shape index (κ2) is 6.46. The highest BCUT2D eigenvalue weighted by Crippen LogP contribution is 2.21. The summed E-state index contributed by atoms with van der Waals surface area (Å²) in [6, 6.07) is 1.35. The number of carbonyl (C=O) groups excluding carboxylic acids is 1. The van der Waals surface area contributed by atoms with Gasteiger partial charge in [0.1, 0.15) is 23.0 Å². The van der Waals surface area contributed by atoms with E-state index in [1.807, 2.05) is 13.8 Å². The average molecular weight is 303 g/mol. The molecule has 0 radical (unpaired) electrons. The Labute approximate surface area is 127 Å². The third-order valence-corrected chi connectivity index (χ3v) is 3.06. The quantitative estimate of drug-likeness (QED) is 0.697. The summed E-state index contributed by atoms with van der Waals surface area (Å²) in [6.45, 7) is 9.07. The van der Waals surface area contributed by atoms with Gasteiger partial charge >= 0.3 is 0 Å². The van der Waals surface area contributed by atoms with E-state index in [9.17, 15) is 9.18 Å². The van der Waals surface area contributed by atoms with Crippen molar-refractivity contribution in [2.45, 2.75) is 33.6 Å². The number of fused-ring (bicyclic) bond motifs is 1. The Morgan fingerprint density at radius 1 is 1.50 bits per heavy atom. The van der Waals surface area contributed by atoms with Crippen LogP contribution in [0.5, 0.6) is 0 Å². The number of halogens is 1. The van der Waals surface area contributed by atoms with E-state index >= 15 is 0 Å². The monoisotopic (exact) mass is 303 g/mol. The number of nitrogens with one attached hydrogen (secondary N) is 1. The molecule has 0 aliphatic rings. The lowest BCUT2D eigenvalue weighted by Gasteiger charge is -2.07. The number of carbonyl (C=O) groups is 1. The molecule has 6 nitrogen and oxygen atoms in total. The van der Waals surface area contributed by atoms with Gasteiger partial charge in [0.15, 0.2) is 0 Å². The van der Waals surface area contributed by atoms with E-state index in [2.05, 4.69) is 27.0 Å². The molecule has 2 rings (SSSR count). The van der Waals surface area contributed by atoms with Crippen LogP contribution < -0.4 is 5.32 Å². The van der Waals surface area contributed by atoms with Crippen LogP contribution in [-0.4, -0.2) is 26.5 Å². The third kappa shape index (κ3) is 3.19. The number of rotatable bonds is 4. The molecular weight excluding hydrogens is 285 g/mol. The van der Waals surface area contributed by atoms with Gasteiger partial charge in [-0.2, -0.15) is 5.10 Å². The Balaban J connectivity index is 2.49. The highest BCUT2D eigenvalue weighted by atomic mass is 19.1. The fourth-order valence-electron chi connectivity index (χ4n) is 2.07. The van der Waals surface area contributed by atoms with E-state index in [4.69, 9.17) is 0 Å². The summed E-state index contributed by atoms with van der Waals surface area (Å²) in [5.41, 5.74) is 1.87. The zero-order valence-electron chi connectivity index (χ0n) is 12.9. The zero-order chi connectivity index (χ0) is 16.3. The second-order valence-electron chi connectivity index (χ2n) is 4.74. The maximum Gasteiger partial charge on any atom is 0.222 e. The standard InChI is InChI=1S/C15H18FN5O/c1-5-12-15-13(7-11(16)8-17-15)21(20-12)9(3)18-14(6-2)19-10(4)22/h7-8H,3,5-6H2,1-2,4H3,(H,18,19,22). The fourth-order valence-corrected chi connectivity index (χ4v) is 2.07. The van der Waals surface area contributed by atoms with Gasteiger partial charge in [-0.25, -0.2) is 19.0 Å². The summed E-state index contributed by atoms with van der Waals surface area (Å²) in [4.78, 5) is 19.5. The number of aryl methyl sites for hydroxylation is 1. The normalized spacial score (nSPS) is 11.7. The predicted octanol–water partition coefficient (Wildman–Crippen LogP) is 2.51. The summed E-state index contributed by atoms with van der Waals surface area (Å²) in [5, 5.41) is 7.01. The molecule has 116 valence electrons. The van der Waals surface area contributed by atoms with Crippen molar-refractivity contribution in [3.05, 3.63) is 30.4 Å². The van der Waals surface area contributed by atoms with Crippen LogP contribution in [0.1, 0.15) is 32.9 Å². The maximum absolute atomic E-state index is 13.5. The SMILES string of the molecule is C=C(N=C(CC)NC(C)=O)n1nc(CC)c2ncc(F)cc21. The molecule has 0 atom stereocenters. The summed E-state index contributed by atoms with van der Waals surface area (Å²) in [6.07, 6.45) is 2.35. The van der Waals surface area contributed by atoms with Gasteiger partial charge in [-0.3, -0.25) is 4.79 Å². The number of aliphatic imine (C=N–C) groups is 1. The topological polar surface area (TPSA) is 72.2 Å². The largest absolute Gasteiger partial charge is 0.314 e. The van der Waals surface area contributed by atoms with Crippen molar-refractivity contribution in [1.29, 1.82) is 0 Å². The molecule has 1 amide bonds. The van der Waals surface area contributed by atoms with Crippen molar-refractivity contribution in [1.82, 2.24) is 20.1 Å². The van der Waals surface area contributed by atoms with Crippen LogP contribution in [0.15, 0.2) is 23.8 Å². The molecule has 0 saturated carbocycles. The van der Waals surface area contributed by atoms with Gasteiger partial charge in [-0.1, -0.05) is 20.4 Å². The first-order valence-electron chi connectivity index (χ1n) is 7.03. The first-order valence-corrected chi connectivity index (χ1v) is 7.03. The summed E-state index contributed by atoms with van der Waals surface area (Å²) >= 11 is 0. The lowest BCUT2D eigenvalue weighted by Crippen LogP contribution is -2.27.